The number of halogens is 2. The lowest BCUT2D eigenvalue weighted by Gasteiger charge is -1.97. The molecule has 0 atom stereocenters. The van der Waals surface area contributed by atoms with Crippen LogP contribution < -0.4 is 0 Å². The molecule has 0 N–H and O–H groups in total. The Morgan fingerprint density at radius 3 is 1.43 bits per heavy atom. The van der Waals surface area contributed by atoms with Gasteiger partial charge < -0.3 is 8.83 Å². The fourth-order valence-corrected chi connectivity index (χ4v) is 9.31. The van der Waals surface area contributed by atoms with Gasteiger partial charge in [-0.3, -0.25) is 0 Å². The van der Waals surface area contributed by atoms with Crippen molar-refractivity contribution in [1.29, 1.82) is 0 Å². The van der Waals surface area contributed by atoms with Gasteiger partial charge in [0.2, 0.25) is 0 Å². The van der Waals surface area contributed by atoms with Crippen molar-refractivity contribution >= 4 is 98.5 Å². The van der Waals surface area contributed by atoms with Gasteiger partial charge in [0.25, 0.3) is 0 Å². The van der Waals surface area contributed by atoms with Gasteiger partial charge in [0, 0.05) is 35.3 Å². The van der Waals surface area contributed by atoms with Crippen LogP contribution in [0.15, 0.2) is 94.0 Å². The van der Waals surface area contributed by atoms with Gasteiger partial charge in [-0.2, -0.15) is 0 Å². The van der Waals surface area contributed by atoms with E-state index in [1.54, 1.807) is 34.8 Å². The Hall–Kier alpha value is -4.88. The Labute approximate surface area is 272 Å². The topological polar surface area (TPSA) is 77.8 Å². The fourth-order valence-electron chi connectivity index (χ4n) is 5.50. The monoisotopic (exact) mass is 676 g/mol. The number of thiazole rings is 4. The summed E-state index contributed by atoms with van der Waals surface area (Å²) in [4.78, 5) is 20.9. The second kappa shape index (κ2) is 9.81. The first-order valence-electron chi connectivity index (χ1n) is 14.0. The fraction of sp³-hybridized carbons (Fsp3) is 0. The highest BCUT2D eigenvalue weighted by Gasteiger charge is 2.18. The van der Waals surface area contributed by atoms with Crippen LogP contribution >= 0.6 is 45.3 Å². The van der Waals surface area contributed by atoms with Crippen LogP contribution in [0.5, 0.6) is 0 Å². The van der Waals surface area contributed by atoms with Gasteiger partial charge in [-0.1, -0.05) is 0 Å². The number of benzene rings is 4. The molecule has 0 spiro atoms. The molecule has 6 heterocycles. The highest BCUT2D eigenvalue weighted by molar-refractivity contribution is 7.27. The van der Waals surface area contributed by atoms with E-state index in [1.165, 1.54) is 46.9 Å². The van der Waals surface area contributed by atoms with E-state index >= 15 is 0 Å². The third-order valence-electron chi connectivity index (χ3n) is 7.67. The van der Waals surface area contributed by atoms with Crippen molar-refractivity contribution in [3.8, 4) is 41.3 Å². The van der Waals surface area contributed by atoms with E-state index in [0.717, 1.165) is 71.8 Å². The highest BCUT2D eigenvalue weighted by Crippen LogP contribution is 2.42. The van der Waals surface area contributed by atoms with Crippen molar-refractivity contribution in [2.24, 2.45) is 0 Å². The minimum atomic E-state index is -0.333. The zero-order valence-corrected chi connectivity index (χ0v) is 26.3. The minimum absolute atomic E-state index is 0.333. The molecule has 0 bridgehead atoms. The van der Waals surface area contributed by atoms with Crippen LogP contribution in [0.4, 0.5) is 8.78 Å². The number of aromatic nitrogens is 4. The van der Waals surface area contributed by atoms with Gasteiger partial charge in [-0.15, -0.1) is 45.3 Å². The summed E-state index contributed by atoms with van der Waals surface area (Å²) in [6, 6.07) is 21.3. The summed E-state index contributed by atoms with van der Waals surface area (Å²) in [5.74, 6) is 0.549. The molecule has 0 aliphatic rings. The molecule has 4 aromatic carbocycles. The summed E-state index contributed by atoms with van der Waals surface area (Å²) in [6.07, 6.45) is 3.62. The number of nitrogens with zero attached hydrogens (tertiary/aromatic N) is 4. The van der Waals surface area contributed by atoms with E-state index in [0.29, 0.717) is 22.7 Å². The molecule has 0 saturated heterocycles. The van der Waals surface area contributed by atoms with Gasteiger partial charge in [0.05, 0.1) is 30.2 Å². The molecule has 0 amide bonds. The number of furan rings is 2. The van der Waals surface area contributed by atoms with Gasteiger partial charge in [0.1, 0.15) is 32.8 Å². The number of hydrogen-bond acceptors (Lipinski definition) is 10. The Morgan fingerprint density at radius 2 is 0.957 bits per heavy atom. The van der Waals surface area contributed by atoms with Crippen molar-refractivity contribution in [1.82, 2.24) is 19.9 Å². The van der Waals surface area contributed by atoms with Crippen LogP contribution in [0, 0.1) is 11.6 Å². The van der Waals surface area contributed by atoms with Crippen LogP contribution in [-0.4, -0.2) is 19.9 Å². The lowest BCUT2D eigenvalue weighted by Crippen LogP contribution is -1.76. The smallest absolute Gasteiger partial charge is 0.164 e. The van der Waals surface area contributed by atoms with E-state index in [9.17, 15) is 8.78 Å². The molecule has 0 unspecified atom stereocenters. The molecule has 10 rings (SSSR count). The molecule has 6 nitrogen and oxygen atoms in total. The molecule has 0 saturated carbocycles. The molecular weight excluding hydrogens is 663 g/mol. The molecular formula is C34H14F2N4O2S4. The van der Waals surface area contributed by atoms with Crippen LogP contribution in [-0.2, 0) is 0 Å². The third kappa shape index (κ3) is 4.29. The van der Waals surface area contributed by atoms with Crippen LogP contribution in [0.25, 0.3) is 94.4 Å². The SMILES string of the molecule is Fc1ccc2cc(-c3ncc(-c4nc5cc6cc7sc(-c8cnc(-c9cc%10ccc(F)cc%10o9)s8)nc7cc6cc5s4)s3)oc2c1. The van der Waals surface area contributed by atoms with Gasteiger partial charge in [-0.25, -0.2) is 28.7 Å². The predicted molar refractivity (Wildman–Crippen MR) is 183 cm³/mol. The van der Waals surface area contributed by atoms with E-state index in [-0.39, 0.29) is 11.6 Å². The maximum atomic E-state index is 13.6. The zero-order chi connectivity index (χ0) is 30.5. The quantitative estimate of drug-likeness (QED) is 0.185. The number of hydrogen-bond donors (Lipinski definition) is 0. The van der Waals surface area contributed by atoms with Gasteiger partial charge in [-0.05, 0) is 71.4 Å². The molecule has 12 heteroatoms. The standard InChI is InChI=1S/C34H14F2N4O2S4/c35-19-3-1-15-7-25(41-23(15)11-19)31-37-13-29(45-31)33-39-21-5-17-10-28-22(6-18(17)9-27(21)43-33)40-34(44-28)30-14-38-32(46-30)26-8-16-2-4-20(36)12-24(16)42-26/h1-14H. The molecule has 0 radical (unpaired) electrons. The predicted octanol–water partition coefficient (Wildman–Crippen LogP) is 11.4. The number of rotatable bonds is 4. The van der Waals surface area contributed by atoms with Crippen molar-refractivity contribution in [3.63, 3.8) is 0 Å². The summed E-state index contributed by atoms with van der Waals surface area (Å²) in [5, 5.41) is 7.05. The molecule has 6 aromatic heterocycles. The second-order valence-corrected chi connectivity index (χ2v) is 14.8. The molecule has 0 aliphatic carbocycles. The first kappa shape index (κ1) is 26.3. The summed E-state index contributed by atoms with van der Waals surface area (Å²) in [5.41, 5.74) is 2.84. The maximum absolute atomic E-state index is 13.6. The minimum Gasteiger partial charge on any atom is -0.453 e. The number of fused-ring (bicyclic) bond motifs is 5. The Kier molecular flexibility index (Phi) is 5.62. The van der Waals surface area contributed by atoms with E-state index in [4.69, 9.17) is 18.8 Å². The van der Waals surface area contributed by atoms with E-state index < -0.39 is 0 Å². The normalized spacial score (nSPS) is 12.1. The molecule has 0 aliphatic heterocycles. The Balaban J connectivity index is 0.968. The van der Waals surface area contributed by atoms with Crippen LogP contribution in [0.1, 0.15) is 0 Å². The first-order chi connectivity index (χ1) is 22.5. The van der Waals surface area contributed by atoms with Crippen LogP contribution in [0.3, 0.4) is 0 Å². The molecule has 46 heavy (non-hydrogen) atoms. The van der Waals surface area contributed by atoms with Crippen molar-refractivity contribution in [3.05, 3.63) is 96.8 Å². The van der Waals surface area contributed by atoms with Crippen molar-refractivity contribution in [2.75, 3.05) is 0 Å². The zero-order valence-electron chi connectivity index (χ0n) is 23.1. The summed E-state index contributed by atoms with van der Waals surface area (Å²) in [6.45, 7) is 0. The highest BCUT2D eigenvalue weighted by atomic mass is 32.1. The average molecular weight is 677 g/mol. The maximum Gasteiger partial charge on any atom is 0.164 e. The average Bonchev–Trinajstić information content (AvgIpc) is 3.87. The summed E-state index contributed by atoms with van der Waals surface area (Å²) in [7, 11) is 0. The van der Waals surface area contributed by atoms with Crippen LogP contribution in [0.2, 0.25) is 0 Å². The molecule has 220 valence electrons. The Bertz CT molecular complexity index is 2560. The van der Waals surface area contributed by atoms with Crippen molar-refractivity contribution < 1.29 is 17.6 Å². The summed E-state index contributed by atoms with van der Waals surface area (Å²) >= 11 is 6.23. The molecule has 10 aromatic rings. The van der Waals surface area contributed by atoms with Crippen molar-refractivity contribution in [2.45, 2.75) is 0 Å². The molecule has 0 fully saturated rings. The van der Waals surface area contributed by atoms with E-state index in [1.807, 2.05) is 24.5 Å². The van der Waals surface area contributed by atoms with Gasteiger partial charge >= 0.3 is 0 Å². The first-order valence-corrected chi connectivity index (χ1v) is 17.2. The largest absolute Gasteiger partial charge is 0.453 e. The second-order valence-electron chi connectivity index (χ2n) is 10.7. The Morgan fingerprint density at radius 1 is 0.478 bits per heavy atom. The lowest BCUT2D eigenvalue weighted by molar-refractivity contribution is 0.606. The van der Waals surface area contributed by atoms with E-state index in [2.05, 4.69) is 34.2 Å². The third-order valence-corrected chi connectivity index (χ3v) is 12.1. The lowest BCUT2D eigenvalue weighted by atomic mass is 10.1. The van der Waals surface area contributed by atoms with Gasteiger partial charge in [0.15, 0.2) is 21.5 Å². The summed E-state index contributed by atoms with van der Waals surface area (Å²) < 4.78 is 41.1.